The number of nitrogens with zero attached hydrogens (tertiary/aromatic N) is 3. The molecule has 1 atom stereocenters. The summed E-state index contributed by atoms with van der Waals surface area (Å²) in [4.78, 5) is 9.75. The van der Waals surface area contributed by atoms with Crippen molar-refractivity contribution in [3.8, 4) is 0 Å². The zero-order chi connectivity index (χ0) is 9.84. The van der Waals surface area contributed by atoms with Gasteiger partial charge in [0.15, 0.2) is 11.0 Å². The fraction of sp³-hybridized carbons (Fsp3) is 0.500. The minimum atomic E-state index is -0.0193. The van der Waals surface area contributed by atoms with E-state index >= 15 is 0 Å². The molecule has 0 aromatic carbocycles. The predicted octanol–water partition coefficient (Wildman–Crippen LogP) is 0.947. The molecule has 4 nitrogen and oxygen atoms in total. The average Bonchev–Trinajstić information content (AvgIpc) is 2.16. The molecule has 0 aliphatic heterocycles. The molecule has 1 heterocycles. The van der Waals surface area contributed by atoms with E-state index in [0.717, 1.165) is 0 Å². The highest BCUT2D eigenvalue weighted by Gasteiger charge is 2.13. The van der Waals surface area contributed by atoms with Crippen molar-refractivity contribution < 1.29 is 5.11 Å². The Labute approximate surface area is 82.2 Å². The lowest BCUT2D eigenvalue weighted by molar-refractivity contribution is 0.269. The number of hydrogen-bond acceptors (Lipinski definition) is 4. The average molecular weight is 202 g/mol. The minimum absolute atomic E-state index is 0.0193. The number of aliphatic hydroxyl groups excluding tert-OH is 1. The number of hydrogen-bond donors (Lipinski definition) is 1. The summed E-state index contributed by atoms with van der Waals surface area (Å²) in [6.07, 6.45) is 3.10. The van der Waals surface area contributed by atoms with Gasteiger partial charge < -0.3 is 10.0 Å². The van der Waals surface area contributed by atoms with Gasteiger partial charge in [0.05, 0.1) is 12.6 Å². The first-order valence-electron chi connectivity index (χ1n) is 3.97. The summed E-state index contributed by atoms with van der Waals surface area (Å²) >= 11 is 5.82. The summed E-state index contributed by atoms with van der Waals surface area (Å²) in [7, 11) is 1.82. The molecule has 72 valence electrons. The van der Waals surface area contributed by atoms with Crippen LogP contribution in [0, 0.1) is 0 Å². The van der Waals surface area contributed by atoms with Crippen LogP contribution < -0.4 is 4.90 Å². The molecule has 0 saturated carbocycles. The Kier molecular flexibility index (Phi) is 3.45. The van der Waals surface area contributed by atoms with Gasteiger partial charge in [-0.05, 0) is 6.92 Å². The van der Waals surface area contributed by atoms with Crippen LogP contribution in [-0.2, 0) is 0 Å². The van der Waals surface area contributed by atoms with Gasteiger partial charge in [-0.1, -0.05) is 11.6 Å². The van der Waals surface area contributed by atoms with Crippen molar-refractivity contribution in [2.45, 2.75) is 13.0 Å². The summed E-state index contributed by atoms with van der Waals surface area (Å²) in [6.45, 7) is 1.94. The normalized spacial score (nSPS) is 12.6. The molecule has 0 saturated heterocycles. The lowest BCUT2D eigenvalue weighted by Crippen LogP contribution is -2.32. The number of aromatic nitrogens is 2. The van der Waals surface area contributed by atoms with Gasteiger partial charge in [0, 0.05) is 19.4 Å². The maximum absolute atomic E-state index is 8.92. The van der Waals surface area contributed by atoms with E-state index in [4.69, 9.17) is 16.7 Å². The monoisotopic (exact) mass is 201 g/mol. The van der Waals surface area contributed by atoms with E-state index in [0.29, 0.717) is 11.0 Å². The molecule has 5 heteroatoms. The Bertz CT molecular complexity index is 282. The number of rotatable bonds is 3. The first-order valence-corrected chi connectivity index (χ1v) is 4.34. The van der Waals surface area contributed by atoms with Crippen molar-refractivity contribution in [1.29, 1.82) is 0 Å². The SMILES string of the molecule is CC(CO)N(C)c1nccnc1Cl. The number of anilines is 1. The summed E-state index contributed by atoms with van der Waals surface area (Å²) in [5.41, 5.74) is 0. The van der Waals surface area contributed by atoms with Crippen molar-refractivity contribution in [1.82, 2.24) is 9.97 Å². The van der Waals surface area contributed by atoms with Gasteiger partial charge in [-0.25, -0.2) is 9.97 Å². The second kappa shape index (κ2) is 4.39. The molecule has 1 aromatic rings. The highest BCUT2D eigenvalue weighted by atomic mass is 35.5. The summed E-state index contributed by atoms with van der Waals surface area (Å²) in [5.74, 6) is 0.589. The molecule has 1 N–H and O–H groups in total. The van der Waals surface area contributed by atoms with Gasteiger partial charge in [0.1, 0.15) is 0 Å². The third-order valence-corrected chi connectivity index (χ3v) is 2.16. The number of likely N-dealkylation sites (N-methyl/N-ethyl adjacent to an activating group) is 1. The van der Waals surface area contributed by atoms with E-state index in [1.807, 2.05) is 14.0 Å². The van der Waals surface area contributed by atoms with Gasteiger partial charge in [-0.3, -0.25) is 0 Å². The smallest absolute Gasteiger partial charge is 0.171 e. The van der Waals surface area contributed by atoms with Crippen molar-refractivity contribution in [2.75, 3.05) is 18.6 Å². The maximum Gasteiger partial charge on any atom is 0.171 e. The van der Waals surface area contributed by atoms with Crippen molar-refractivity contribution in [3.05, 3.63) is 17.5 Å². The fourth-order valence-corrected chi connectivity index (χ4v) is 1.12. The first-order chi connectivity index (χ1) is 6.16. The van der Waals surface area contributed by atoms with E-state index in [1.165, 1.54) is 6.20 Å². The quantitative estimate of drug-likeness (QED) is 0.791. The second-order valence-electron chi connectivity index (χ2n) is 2.81. The molecule has 0 fully saturated rings. The van der Waals surface area contributed by atoms with Crippen LogP contribution in [0.5, 0.6) is 0 Å². The molecule has 1 rings (SSSR count). The molecular weight excluding hydrogens is 190 g/mol. The molecule has 0 aliphatic rings. The van der Waals surface area contributed by atoms with Gasteiger partial charge in [0.25, 0.3) is 0 Å². The largest absolute Gasteiger partial charge is 0.394 e. The number of aliphatic hydroxyl groups is 1. The zero-order valence-corrected chi connectivity index (χ0v) is 8.36. The van der Waals surface area contributed by atoms with Crippen molar-refractivity contribution in [3.63, 3.8) is 0 Å². The van der Waals surface area contributed by atoms with E-state index < -0.39 is 0 Å². The molecule has 1 unspecified atom stereocenters. The van der Waals surface area contributed by atoms with E-state index in [9.17, 15) is 0 Å². The van der Waals surface area contributed by atoms with Crippen LogP contribution in [0.4, 0.5) is 5.82 Å². The van der Waals surface area contributed by atoms with Crippen LogP contribution >= 0.6 is 11.6 Å². The van der Waals surface area contributed by atoms with E-state index in [2.05, 4.69) is 9.97 Å². The van der Waals surface area contributed by atoms with Gasteiger partial charge >= 0.3 is 0 Å². The highest BCUT2D eigenvalue weighted by molar-refractivity contribution is 6.31. The van der Waals surface area contributed by atoms with Gasteiger partial charge in [-0.15, -0.1) is 0 Å². The zero-order valence-electron chi connectivity index (χ0n) is 7.61. The third-order valence-electron chi connectivity index (χ3n) is 1.90. The summed E-state index contributed by atoms with van der Waals surface area (Å²) < 4.78 is 0. The Balaban J connectivity index is 2.88. The Hall–Kier alpha value is -0.870. The molecule has 1 aromatic heterocycles. The number of halogens is 1. The van der Waals surface area contributed by atoms with Gasteiger partial charge in [0.2, 0.25) is 0 Å². The molecule has 13 heavy (non-hydrogen) atoms. The summed E-state index contributed by atoms with van der Waals surface area (Å²) in [6, 6.07) is -0.0193. The van der Waals surface area contributed by atoms with Crippen LogP contribution in [0.3, 0.4) is 0 Å². The van der Waals surface area contributed by atoms with E-state index in [1.54, 1.807) is 11.1 Å². The summed E-state index contributed by atoms with van der Waals surface area (Å²) in [5, 5.41) is 9.28. The molecule has 0 aliphatic carbocycles. The Morgan fingerprint density at radius 2 is 2.15 bits per heavy atom. The lowest BCUT2D eigenvalue weighted by Gasteiger charge is -2.24. The van der Waals surface area contributed by atoms with Crippen LogP contribution in [0.2, 0.25) is 5.15 Å². The van der Waals surface area contributed by atoms with Crippen LogP contribution in [0.25, 0.3) is 0 Å². The maximum atomic E-state index is 8.92. The standard InChI is InChI=1S/C8H12ClN3O/c1-6(5-13)12(2)8-7(9)10-3-4-11-8/h3-4,6,13H,5H2,1-2H3. The Morgan fingerprint density at radius 1 is 1.54 bits per heavy atom. The molecule has 0 spiro atoms. The van der Waals surface area contributed by atoms with Crippen LogP contribution in [0.1, 0.15) is 6.92 Å². The molecule has 0 amide bonds. The molecule has 0 bridgehead atoms. The second-order valence-corrected chi connectivity index (χ2v) is 3.17. The topological polar surface area (TPSA) is 49.2 Å². The lowest BCUT2D eigenvalue weighted by atomic mass is 10.3. The van der Waals surface area contributed by atoms with Crippen molar-refractivity contribution in [2.24, 2.45) is 0 Å². The Morgan fingerprint density at radius 3 is 2.69 bits per heavy atom. The fourth-order valence-electron chi connectivity index (χ4n) is 0.882. The van der Waals surface area contributed by atoms with Gasteiger partial charge in [-0.2, -0.15) is 0 Å². The van der Waals surface area contributed by atoms with Crippen molar-refractivity contribution >= 4 is 17.4 Å². The minimum Gasteiger partial charge on any atom is -0.394 e. The third kappa shape index (κ3) is 2.29. The first kappa shape index (κ1) is 10.2. The highest BCUT2D eigenvalue weighted by Crippen LogP contribution is 2.19. The van der Waals surface area contributed by atoms with Crippen LogP contribution in [0.15, 0.2) is 12.4 Å². The molecular formula is C8H12ClN3O. The predicted molar refractivity (Wildman–Crippen MR) is 52.0 cm³/mol. The van der Waals surface area contributed by atoms with Crippen LogP contribution in [-0.4, -0.2) is 34.8 Å². The van der Waals surface area contributed by atoms with E-state index in [-0.39, 0.29) is 12.6 Å². The molecule has 0 radical (unpaired) electrons.